The summed E-state index contributed by atoms with van der Waals surface area (Å²) in [6.45, 7) is 4.10. The van der Waals surface area contributed by atoms with Crippen LogP contribution < -0.4 is 11.3 Å². The molecule has 2 aromatic rings. The molecular weight excluding hydrogens is 310 g/mol. The van der Waals surface area contributed by atoms with Crippen LogP contribution >= 0.6 is 27.3 Å². The molecule has 0 aliphatic heterocycles. The second kappa shape index (κ2) is 5.93. The van der Waals surface area contributed by atoms with Gasteiger partial charge in [0.2, 0.25) is 0 Å². The molecule has 0 bridgehead atoms. The monoisotopic (exact) mass is 325 g/mol. The van der Waals surface area contributed by atoms with Gasteiger partial charge in [0.15, 0.2) is 0 Å². The van der Waals surface area contributed by atoms with Crippen LogP contribution in [0.5, 0.6) is 0 Å². The highest BCUT2D eigenvalue weighted by Crippen LogP contribution is 2.27. The Balaban J connectivity index is 2.25. The van der Waals surface area contributed by atoms with E-state index in [-0.39, 0.29) is 6.04 Å². The highest BCUT2D eigenvalue weighted by molar-refractivity contribution is 9.10. The Kier molecular flexibility index (Phi) is 4.50. The van der Waals surface area contributed by atoms with Crippen molar-refractivity contribution in [2.75, 3.05) is 0 Å². The number of benzene rings is 1. The van der Waals surface area contributed by atoms with Gasteiger partial charge in [-0.25, -0.2) is 4.98 Å². The van der Waals surface area contributed by atoms with Crippen molar-refractivity contribution in [3.05, 3.63) is 49.9 Å². The molecule has 2 rings (SSSR count). The zero-order valence-corrected chi connectivity index (χ0v) is 12.8. The summed E-state index contributed by atoms with van der Waals surface area (Å²) in [4.78, 5) is 4.48. The number of nitrogens with one attached hydrogen (secondary N) is 1. The van der Waals surface area contributed by atoms with Crippen molar-refractivity contribution in [2.24, 2.45) is 5.84 Å². The highest BCUT2D eigenvalue weighted by Gasteiger charge is 2.15. The maximum atomic E-state index is 5.68. The second-order valence-electron chi connectivity index (χ2n) is 4.31. The van der Waals surface area contributed by atoms with E-state index in [0.717, 1.165) is 21.6 Å². The SMILES string of the molecule is Cc1ccc(Br)c(C(Cc2csc(C)n2)NN)c1. The number of hydrogen-bond acceptors (Lipinski definition) is 4. The number of nitrogens with zero attached hydrogens (tertiary/aromatic N) is 1. The summed E-state index contributed by atoms with van der Waals surface area (Å²) in [5, 5.41) is 3.17. The summed E-state index contributed by atoms with van der Waals surface area (Å²) in [5.41, 5.74) is 6.35. The number of rotatable bonds is 4. The second-order valence-corrected chi connectivity index (χ2v) is 6.22. The molecule has 18 heavy (non-hydrogen) atoms. The van der Waals surface area contributed by atoms with Crippen molar-refractivity contribution in [1.29, 1.82) is 0 Å². The van der Waals surface area contributed by atoms with E-state index >= 15 is 0 Å². The fourth-order valence-corrected chi connectivity index (χ4v) is 3.05. The smallest absolute Gasteiger partial charge is 0.0897 e. The average molecular weight is 326 g/mol. The van der Waals surface area contributed by atoms with E-state index in [0.29, 0.717) is 0 Å². The topological polar surface area (TPSA) is 50.9 Å². The molecule has 5 heteroatoms. The Morgan fingerprint density at radius 1 is 1.44 bits per heavy atom. The minimum absolute atomic E-state index is 0.0702. The molecule has 0 radical (unpaired) electrons. The molecule has 0 fully saturated rings. The zero-order valence-electron chi connectivity index (χ0n) is 10.4. The number of nitrogens with two attached hydrogens (primary N) is 1. The molecule has 96 valence electrons. The fraction of sp³-hybridized carbons (Fsp3) is 0.308. The zero-order chi connectivity index (χ0) is 13.1. The quantitative estimate of drug-likeness (QED) is 0.670. The van der Waals surface area contributed by atoms with Crippen LogP contribution in [0.25, 0.3) is 0 Å². The van der Waals surface area contributed by atoms with Crippen LogP contribution in [0.3, 0.4) is 0 Å². The van der Waals surface area contributed by atoms with Gasteiger partial charge in [0.1, 0.15) is 0 Å². The molecule has 1 heterocycles. The summed E-state index contributed by atoms with van der Waals surface area (Å²) in [5.74, 6) is 5.68. The van der Waals surface area contributed by atoms with E-state index in [9.17, 15) is 0 Å². The largest absolute Gasteiger partial charge is 0.271 e. The van der Waals surface area contributed by atoms with Gasteiger partial charge in [0.25, 0.3) is 0 Å². The standard InChI is InChI=1S/C13H16BrN3S/c1-8-3-4-12(14)11(5-8)13(17-15)6-10-7-18-9(2)16-10/h3-5,7,13,17H,6,15H2,1-2H3. The Morgan fingerprint density at radius 2 is 2.22 bits per heavy atom. The third kappa shape index (κ3) is 3.17. The van der Waals surface area contributed by atoms with Gasteiger partial charge in [-0.15, -0.1) is 11.3 Å². The minimum atomic E-state index is 0.0702. The highest BCUT2D eigenvalue weighted by atomic mass is 79.9. The average Bonchev–Trinajstić information content (AvgIpc) is 2.75. The van der Waals surface area contributed by atoms with Crippen LogP contribution in [0.1, 0.15) is 27.9 Å². The van der Waals surface area contributed by atoms with Crippen LogP contribution in [0, 0.1) is 13.8 Å². The lowest BCUT2D eigenvalue weighted by Crippen LogP contribution is -2.30. The van der Waals surface area contributed by atoms with Gasteiger partial charge < -0.3 is 0 Å². The number of halogens is 1. The van der Waals surface area contributed by atoms with Crippen molar-refractivity contribution >= 4 is 27.3 Å². The third-order valence-electron chi connectivity index (χ3n) is 2.81. The van der Waals surface area contributed by atoms with E-state index in [2.05, 4.69) is 56.8 Å². The molecule has 0 saturated carbocycles. The van der Waals surface area contributed by atoms with E-state index < -0.39 is 0 Å². The number of aromatic nitrogens is 1. The maximum absolute atomic E-state index is 5.68. The summed E-state index contributed by atoms with van der Waals surface area (Å²) in [6, 6.07) is 6.35. The molecule has 0 amide bonds. The van der Waals surface area contributed by atoms with Gasteiger partial charge in [-0.05, 0) is 25.5 Å². The Labute approximate surface area is 120 Å². The van der Waals surface area contributed by atoms with E-state index in [1.807, 2.05) is 6.92 Å². The first-order chi connectivity index (χ1) is 8.60. The predicted molar refractivity (Wildman–Crippen MR) is 79.5 cm³/mol. The van der Waals surface area contributed by atoms with Gasteiger partial charge in [-0.3, -0.25) is 11.3 Å². The van der Waals surface area contributed by atoms with Crippen molar-refractivity contribution in [3.8, 4) is 0 Å². The lowest BCUT2D eigenvalue weighted by atomic mass is 10.0. The van der Waals surface area contributed by atoms with Crippen LogP contribution in [-0.4, -0.2) is 4.98 Å². The molecule has 0 spiro atoms. The third-order valence-corrected chi connectivity index (χ3v) is 4.35. The number of hydrazine groups is 1. The van der Waals surface area contributed by atoms with E-state index in [4.69, 9.17) is 5.84 Å². The van der Waals surface area contributed by atoms with E-state index in [1.54, 1.807) is 11.3 Å². The summed E-state index contributed by atoms with van der Waals surface area (Å²) < 4.78 is 1.07. The molecule has 1 unspecified atom stereocenters. The number of hydrogen-bond donors (Lipinski definition) is 2. The van der Waals surface area contributed by atoms with Crippen LogP contribution in [0.2, 0.25) is 0 Å². The van der Waals surface area contributed by atoms with Crippen molar-refractivity contribution in [1.82, 2.24) is 10.4 Å². The van der Waals surface area contributed by atoms with Gasteiger partial charge in [-0.1, -0.05) is 33.6 Å². The van der Waals surface area contributed by atoms with Crippen molar-refractivity contribution < 1.29 is 0 Å². The number of aryl methyl sites for hydroxylation is 2. The maximum Gasteiger partial charge on any atom is 0.0897 e. The molecule has 3 N–H and O–H groups in total. The lowest BCUT2D eigenvalue weighted by molar-refractivity contribution is 0.544. The molecule has 0 aliphatic rings. The summed E-state index contributed by atoms with van der Waals surface area (Å²) in [7, 11) is 0. The predicted octanol–water partition coefficient (Wildman–Crippen LogP) is 3.27. The normalized spacial score (nSPS) is 12.7. The first kappa shape index (κ1) is 13.7. The minimum Gasteiger partial charge on any atom is -0.271 e. The first-order valence-corrected chi connectivity index (χ1v) is 7.40. The Hall–Kier alpha value is -0.750. The Morgan fingerprint density at radius 3 is 2.83 bits per heavy atom. The van der Waals surface area contributed by atoms with Gasteiger partial charge in [0, 0.05) is 16.3 Å². The van der Waals surface area contributed by atoms with Gasteiger partial charge in [-0.2, -0.15) is 0 Å². The summed E-state index contributed by atoms with van der Waals surface area (Å²) >= 11 is 5.25. The molecule has 0 aliphatic carbocycles. The van der Waals surface area contributed by atoms with Gasteiger partial charge in [0.05, 0.1) is 16.7 Å². The van der Waals surface area contributed by atoms with E-state index in [1.165, 1.54) is 11.1 Å². The van der Waals surface area contributed by atoms with Crippen LogP contribution in [0.15, 0.2) is 28.1 Å². The fourth-order valence-electron chi connectivity index (χ4n) is 1.90. The summed E-state index contributed by atoms with van der Waals surface area (Å²) in [6.07, 6.45) is 0.795. The number of thiazole rings is 1. The molecule has 1 atom stereocenters. The van der Waals surface area contributed by atoms with Gasteiger partial charge >= 0.3 is 0 Å². The lowest BCUT2D eigenvalue weighted by Gasteiger charge is -2.17. The Bertz CT molecular complexity index is 539. The van der Waals surface area contributed by atoms with Crippen LogP contribution in [0.4, 0.5) is 0 Å². The first-order valence-electron chi connectivity index (χ1n) is 5.73. The molecule has 3 nitrogen and oxygen atoms in total. The molecular formula is C13H16BrN3S. The molecule has 0 saturated heterocycles. The van der Waals surface area contributed by atoms with Crippen LogP contribution in [-0.2, 0) is 6.42 Å². The molecule has 1 aromatic carbocycles. The molecule has 1 aromatic heterocycles. The van der Waals surface area contributed by atoms with Crippen molar-refractivity contribution in [2.45, 2.75) is 26.3 Å². The van der Waals surface area contributed by atoms with Crippen molar-refractivity contribution in [3.63, 3.8) is 0 Å².